The van der Waals surface area contributed by atoms with Crippen molar-refractivity contribution in [3.05, 3.63) is 53.1 Å². The van der Waals surface area contributed by atoms with Crippen molar-refractivity contribution in [2.45, 2.75) is 13.8 Å². The summed E-state index contributed by atoms with van der Waals surface area (Å²) in [6.45, 7) is 4.76. The van der Waals surface area contributed by atoms with Gasteiger partial charge in [0.2, 0.25) is 0 Å². The highest BCUT2D eigenvalue weighted by molar-refractivity contribution is 6.31. The van der Waals surface area contributed by atoms with Gasteiger partial charge in [0.25, 0.3) is 0 Å². The van der Waals surface area contributed by atoms with Crippen LogP contribution in [0.4, 0.5) is 16.3 Å². The molecule has 0 aliphatic rings. The first kappa shape index (κ1) is 20.4. The predicted octanol–water partition coefficient (Wildman–Crippen LogP) is 3.17. The van der Waals surface area contributed by atoms with Gasteiger partial charge in [-0.25, -0.2) is 19.4 Å². The molecule has 2 aromatic heterocycles. The van der Waals surface area contributed by atoms with E-state index in [0.29, 0.717) is 41.2 Å². The average Bonchev–Trinajstić information content (AvgIpc) is 3.04. The number of anilines is 2. The van der Waals surface area contributed by atoms with Crippen molar-refractivity contribution in [1.29, 1.82) is 0 Å². The molecule has 0 aliphatic carbocycles. The van der Waals surface area contributed by atoms with Crippen molar-refractivity contribution in [3.8, 4) is 11.6 Å². The molecule has 0 radical (unpaired) electrons. The quantitative estimate of drug-likeness (QED) is 0.512. The maximum Gasteiger partial charge on any atom is 0.319 e. The van der Waals surface area contributed by atoms with E-state index in [9.17, 15) is 4.79 Å². The summed E-state index contributed by atoms with van der Waals surface area (Å²) in [6.07, 6.45) is 1.47. The van der Waals surface area contributed by atoms with Crippen molar-refractivity contribution in [3.63, 3.8) is 0 Å². The Kier molecular flexibility index (Phi) is 6.50. The minimum absolute atomic E-state index is 0.363. The molecule has 0 spiro atoms. The lowest BCUT2D eigenvalue weighted by molar-refractivity contribution is 0.252. The molecule has 3 rings (SSSR count). The first-order valence-electron chi connectivity index (χ1n) is 8.94. The summed E-state index contributed by atoms with van der Waals surface area (Å²) < 4.78 is 6.96. The van der Waals surface area contributed by atoms with Crippen molar-refractivity contribution in [2.75, 3.05) is 30.8 Å². The lowest BCUT2D eigenvalue weighted by Gasteiger charge is -2.12. The van der Waals surface area contributed by atoms with E-state index >= 15 is 0 Å². The number of amides is 2. The number of benzene rings is 1. The van der Waals surface area contributed by atoms with Gasteiger partial charge in [-0.2, -0.15) is 5.10 Å². The van der Waals surface area contributed by atoms with Gasteiger partial charge in [0.1, 0.15) is 17.9 Å². The van der Waals surface area contributed by atoms with E-state index in [-0.39, 0.29) is 6.03 Å². The van der Waals surface area contributed by atoms with Gasteiger partial charge in [-0.1, -0.05) is 11.6 Å². The summed E-state index contributed by atoms with van der Waals surface area (Å²) >= 11 is 5.96. The molecule has 0 saturated carbocycles. The standard InChI is InChI=1S/C19H22ClN7O2/c1-12-8-13(2)27(26-12)18-10-17(23-11-24-18)21-6-7-22-19(28)25-15-9-14(20)4-5-16(15)29-3/h4-5,8-11H,6-7H2,1-3H3,(H,21,23,24)(H2,22,25,28). The number of methoxy groups -OCH3 is 1. The molecule has 2 heterocycles. The number of urea groups is 1. The van der Waals surface area contributed by atoms with E-state index in [4.69, 9.17) is 16.3 Å². The van der Waals surface area contributed by atoms with E-state index in [1.165, 1.54) is 13.4 Å². The lowest BCUT2D eigenvalue weighted by atomic mass is 10.3. The molecule has 0 unspecified atom stereocenters. The maximum absolute atomic E-state index is 12.1. The van der Waals surface area contributed by atoms with Crippen LogP contribution in [0.3, 0.4) is 0 Å². The van der Waals surface area contributed by atoms with Gasteiger partial charge >= 0.3 is 6.03 Å². The second-order valence-corrected chi connectivity index (χ2v) is 6.69. The van der Waals surface area contributed by atoms with E-state index in [2.05, 4.69) is 31.0 Å². The Morgan fingerprint density at radius 2 is 2.00 bits per heavy atom. The number of carbonyl (C=O) groups excluding carboxylic acids is 1. The molecule has 0 atom stereocenters. The van der Waals surface area contributed by atoms with Crippen molar-refractivity contribution in [2.24, 2.45) is 0 Å². The molecule has 0 bridgehead atoms. The van der Waals surface area contributed by atoms with Crippen molar-refractivity contribution >= 4 is 29.1 Å². The molecular formula is C19H22ClN7O2. The fourth-order valence-corrected chi connectivity index (χ4v) is 2.90. The summed E-state index contributed by atoms with van der Waals surface area (Å²) in [5.74, 6) is 1.84. The second kappa shape index (κ2) is 9.24. The van der Waals surface area contributed by atoms with Crippen molar-refractivity contribution < 1.29 is 9.53 Å². The van der Waals surface area contributed by atoms with E-state index in [1.807, 2.05) is 19.9 Å². The summed E-state index contributed by atoms with van der Waals surface area (Å²) in [5, 5.41) is 13.5. The SMILES string of the molecule is COc1ccc(Cl)cc1NC(=O)NCCNc1cc(-n2nc(C)cc2C)ncn1. The fraction of sp³-hybridized carbons (Fsp3) is 0.263. The monoisotopic (exact) mass is 415 g/mol. The van der Waals surface area contributed by atoms with Crippen LogP contribution in [0.2, 0.25) is 5.02 Å². The van der Waals surface area contributed by atoms with E-state index < -0.39 is 0 Å². The summed E-state index contributed by atoms with van der Waals surface area (Å²) in [5.41, 5.74) is 2.40. The minimum atomic E-state index is -0.363. The Balaban J connectivity index is 1.51. The summed E-state index contributed by atoms with van der Waals surface area (Å²) in [6, 6.07) is 8.42. The van der Waals surface area contributed by atoms with Crippen LogP contribution in [0, 0.1) is 13.8 Å². The van der Waals surface area contributed by atoms with Crippen LogP contribution >= 0.6 is 11.6 Å². The zero-order valence-corrected chi connectivity index (χ0v) is 17.1. The van der Waals surface area contributed by atoms with Gasteiger partial charge in [-0.3, -0.25) is 0 Å². The summed E-state index contributed by atoms with van der Waals surface area (Å²) in [7, 11) is 1.53. The Morgan fingerprint density at radius 3 is 2.72 bits per heavy atom. The third-order valence-electron chi connectivity index (χ3n) is 4.01. The first-order chi connectivity index (χ1) is 14.0. The average molecular weight is 416 g/mol. The fourth-order valence-electron chi connectivity index (χ4n) is 2.73. The number of nitrogens with one attached hydrogen (secondary N) is 3. The Bertz CT molecular complexity index is 1010. The second-order valence-electron chi connectivity index (χ2n) is 6.25. The van der Waals surface area contributed by atoms with E-state index in [0.717, 1.165) is 11.4 Å². The van der Waals surface area contributed by atoms with Crippen LogP contribution in [-0.2, 0) is 0 Å². The molecule has 1 aromatic carbocycles. The smallest absolute Gasteiger partial charge is 0.319 e. The number of aryl methyl sites for hydroxylation is 2. The number of halogens is 1. The van der Waals surface area contributed by atoms with Gasteiger partial charge in [-0.15, -0.1) is 0 Å². The van der Waals surface area contributed by atoms with Crippen LogP contribution in [0.1, 0.15) is 11.4 Å². The van der Waals surface area contributed by atoms with Crippen LogP contribution in [-0.4, -0.2) is 46.0 Å². The molecule has 0 fully saturated rings. The maximum atomic E-state index is 12.1. The Hall–Kier alpha value is -3.33. The van der Waals surface area contributed by atoms with Crippen LogP contribution in [0.15, 0.2) is 36.7 Å². The van der Waals surface area contributed by atoms with Crippen molar-refractivity contribution in [1.82, 2.24) is 25.1 Å². The Morgan fingerprint density at radius 1 is 1.17 bits per heavy atom. The molecule has 9 nitrogen and oxygen atoms in total. The highest BCUT2D eigenvalue weighted by Crippen LogP contribution is 2.27. The Labute approximate surface area is 173 Å². The predicted molar refractivity (Wildman–Crippen MR) is 112 cm³/mol. The van der Waals surface area contributed by atoms with E-state index in [1.54, 1.807) is 28.9 Å². The first-order valence-corrected chi connectivity index (χ1v) is 9.32. The number of carbonyl (C=O) groups is 1. The lowest BCUT2D eigenvalue weighted by Crippen LogP contribution is -2.32. The molecule has 152 valence electrons. The van der Waals surface area contributed by atoms with Gasteiger partial charge in [0.05, 0.1) is 18.5 Å². The number of aromatic nitrogens is 4. The van der Waals surface area contributed by atoms with Crippen LogP contribution < -0.4 is 20.7 Å². The minimum Gasteiger partial charge on any atom is -0.495 e. The number of rotatable bonds is 7. The third kappa shape index (κ3) is 5.35. The van der Waals surface area contributed by atoms with Crippen LogP contribution in [0.25, 0.3) is 5.82 Å². The normalized spacial score (nSPS) is 10.5. The van der Waals surface area contributed by atoms with Crippen LogP contribution in [0.5, 0.6) is 5.75 Å². The molecule has 10 heteroatoms. The van der Waals surface area contributed by atoms with Gasteiger partial charge in [0, 0.05) is 29.9 Å². The molecule has 3 N–H and O–H groups in total. The zero-order chi connectivity index (χ0) is 20.8. The zero-order valence-electron chi connectivity index (χ0n) is 16.4. The molecular weight excluding hydrogens is 394 g/mol. The third-order valence-corrected chi connectivity index (χ3v) is 4.24. The summed E-state index contributed by atoms with van der Waals surface area (Å²) in [4.78, 5) is 20.5. The van der Waals surface area contributed by atoms with Gasteiger partial charge in [-0.05, 0) is 38.1 Å². The molecule has 2 amide bonds. The highest BCUT2D eigenvalue weighted by atomic mass is 35.5. The number of nitrogens with zero attached hydrogens (tertiary/aromatic N) is 4. The molecule has 29 heavy (non-hydrogen) atoms. The largest absolute Gasteiger partial charge is 0.495 e. The number of hydrogen-bond acceptors (Lipinski definition) is 6. The topological polar surface area (TPSA) is 106 Å². The van der Waals surface area contributed by atoms with Gasteiger partial charge < -0.3 is 20.7 Å². The molecule has 0 saturated heterocycles. The number of hydrogen-bond donors (Lipinski definition) is 3. The highest BCUT2D eigenvalue weighted by Gasteiger charge is 2.09. The number of ether oxygens (including phenoxy) is 1. The molecule has 0 aliphatic heterocycles. The van der Waals surface area contributed by atoms with Gasteiger partial charge in [0.15, 0.2) is 5.82 Å². The molecule has 3 aromatic rings.